The summed E-state index contributed by atoms with van der Waals surface area (Å²) in [5.74, 6) is 4.71. The van der Waals surface area contributed by atoms with Crippen molar-refractivity contribution in [3.05, 3.63) is 51.5 Å². The van der Waals surface area contributed by atoms with Crippen molar-refractivity contribution in [3.63, 3.8) is 0 Å². The number of carbonyl (C=O) groups excluding carboxylic acids is 1. The van der Waals surface area contributed by atoms with E-state index in [0.717, 1.165) is 0 Å². The monoisotopic (exact) mass is 288 g/mol. The summed E-state index contributed by atoms with van der Waals surface area (Å²) in [6.07, 6.45) is 0. The second kappa shape index (κ2) is 6.33. The fourth-order valence-corrected chi connectivity index (χ4v) is 2.43. The van der Waals surface area contributed by atoms with Gasteiger partial charge in [0.2, 0.25) is 0 Å². The van der Waals surface area contributed by atoms with Gasteiger partial charge in [-0.3, -0.25) is 4.79 Å². The predicted octanol–water partition coefficient (Wildman–Crippen LogP) is 2.76. The molecule has 0 unspecified atom stereocenters. The van der Waals surface area contributed by atoms with Crippen LogP contribution in [-0.4, -0.2) is 12.5 Å². The summed E-state index contributed by atoms with van der Waals surface area (Å²) in [5.41, 5.74) is 6.79. The zero-order valence-corrected chi connectivity index (χ0v) is 11.7. The van der Waals surface area contributed by atoms with Crippen LogP contribution in [0.2, 0.25) is 0 Å². The Bertz CT molecular complexity index is 677. The molecule has 3 N–H and O–H groups in total. The molecule has 0 fully saturated rings. The zero-order chi connectivity index (χ0) is 14.5. The molecule has 1 aromatic carbocycles. The number of carbonyl (C=O) groups is 1. The van der Waals surface area contributed by atoms with Gasteiger partial charge in [-0.15, -0.1) is 11.3 Å². The summed E-state index contributed by atoms with van der Waals surface area (Å²) in [5, 5.41) is 4.36. The molecule has 0 spiro atoms. The Hall–Kier alpha value is -2.16. The normalized spacial score (nSPS) is 9.75. The smallest absolute Gasteiger partial charge is 0.267 e. The lowest BCUT2D eigenvalue weighted by atomic mass is 10.2. The van der Waals surface area contributed by atoms with E-state index in [1.165, 1.54) is 17.4 Å². The van der Waals surface area contributed by atoms with Crippen molar-refractivity contribution in [2.24, 2.45) is 5.73 Å². The van der Waals surface area contributed by atoms with Gasteiger partial charge in [-0.1, -0.05) is 24.0 Å². The highest BCUT2D eigenvalue weighted by molar-refractivity contribution is 7.12. The highest BCUT2D eigenvalue weighted by atomic mass is 32.1. The number of halogens is 1. The molecule has 0 aliphatic heterocycles. The van der Waals surface area contributed by atoms with Crippen LogP contribution in [0.4, 0.5) is 10.1 Å². The summed E-state index contributed by atoms with van der Waals surface area (Å²) in [6.45, 7) is 1.96. The molecule has 3 nitrogen and oxygen atoms in total. The second-order valence-corrected chi connectivity index (χ2v) is 4.97. The van der Waals surface area contributed by atoms with E-state index in [9.17, 15) is 9.18 Å². The third-order valence-electron chi connectivity index (χ3n) is 2.66. The minimum Gasteiger partial charge on any atom is -0.320 e. The Morgan fingerprint density at radius 2 is 2.25 bits per heavy atom. The topological polar surface area (TPSA) is 55.1 Å². The van der Waals surface area contributed by atoms with Crippen LogP contribution in [0.5, 0.6) is 0 Å². The van der Waals surface area contributed by atoms with E-state index in [-0.39, 0.29) is 18.1 Å². The fourth-order valence-electron chi connectivity index (χ4n) is 1.69. The molecule has 0 aliphatic rings. The van der Waals surface area contributed by atoms with E-state index in [0.29, 0.717) is 16.0 Å². The molecule has 0 saturated carbocycles. The average Bonchev–Trinajstić information content (AvgIpc) is 2.89. The Kier molecular flexibility index (Phi) is 4.51. The first-order valence-corrected chi connectivity index (χ1v) is 6.84. The van der Waals surface area contributed by atoms with Gasteiger partial charge in [-0.25, -0.2) is 4.39 Å². The molecule has 0 atom stereocenters. The Morgan fingerprint density at radius 1 is 1.45 bits per heavy atom. The number of nitrogens with one attached hydrogen (secondary N) is 1. The van der Waals surface area contributed by atoms with Crippen molar-refractivity contribution < 1.29 is 9.18 Å². The minimum absolute atomic E-state index is 0.198. The predicted molar refractivity (Wildman–Crippen MR) is 79.3 cm³/mol. The van der Waals surface area contributed by atoms with Gasteiger partial charge in [0.05, 0.1) is 12.2 Å². The molecule has 0 aliphatic carbocycles. The number of nitrogens with two attached hydrogens (primary N) is 1. The van der Waals surface area contributed by atoms with E-state index < -0.39 is 5.82 Å². The lowest BCUT2D eigenvalue weighted by Crippen LogP contribution is -2.13. The lowest BCUT2D eigenvalue weighted by molar-refractivity contribution is 0.102. The Labute approximate surface area is 120 Å². The number of rotatable bonds is 2. The molecule has 0 saturated heterocycles. The average molecular weight is 288 g/mol. The van der Waals surface area contributed by atoms with Crippen LogP contribution in [0.1, 0.15) is 20.8 Å². The summed E-state index contributed by atoms with van der Waals surface area (Å²) in [6, 6.07) is 6.40. The van der Waals surface area contributed by atoms with E-state index in [4.69, 9.17) is 5.73 Å². The van der Waals surface area contributed by atoms with Gasteiger partial charge < -0.3 is 11.1 Å². The number of benzene rings is 1. The second-order valence-electron chi connectivity index (χ2n) is 4.06. The van der Waals surface area contributed by atoms with Gasteiger partial charge >= 0.3 is 0 Å². The first-order chi connectivity index (χ1) is 9.63. The van der Waals surface area contributed by atoms with E-state index in [1.807, 2.05) is 0 Å². The van der Waals surface area contributed by atoms with Gasteiger partial charge in [0.1, 0.15) is 10.7 Å². The summed E-state index contributed by atoms with van der Waals surface area (Å²) in [4.78, 5) is 12.6. The van der Waals surface area contributed by atoms with Crippen LogP contribution < -0.4 is 11.1 Å². The lowest BCUT2D eigenvalue weighted by Gasteiger charge is -2.08. The SMILES string of the molecule is Cc1cccc(F)c1NC(=O)c1sccc1C#CCN. The van der Waals surface area contributed by atoms with Crippen molar-refractivity contribution in [3.8, 4) is 11.8 Å². The highest BCUT2D eigenvalue weighted by Crippen LogP contribution is 2.22. The van der Waals surface area contributed by atoms with Gasteiger partial charge in [0, 0.05) is 5.56 Å². The van der Waals surface area contributed by atoms with Crippen LogP contribution in [0.25, 0.3) is 0 Å². The first-order valence-electron chi connectivity index (χ1n) is 5.96. The number of amides is 1. The Balaban J connectivity index is 2.27. The van der Waals surface area contributed by atoms with Gasteiger partial charge in [0.15, 0.2) is 0 Å². The molecule has 1 amide bonds. The largest absolute Gasteiger partial charge is 0.320 e. The highest BCUT2D eigenvalue weighted by Gasteiger charge is 2.15. The van der Waals surface area contributed by atoms with Gasteiger partial charge in [-0.05, 0) is 30.0 Å². The molecule has 2 aromatic rings. The Morgan fingerprint density at radius 3 is 2.95 bits per heavy atom. The van der Waals surface area contributed by atoms with Crippen LogP contribution >= 0.6 is 11.3 Å². The van der Waals surface area contributed by atoms with Crippen LogP contribution in [0.3, 0.4) is 0 Å². The van der Waals surface area contributed by atoms with Crippen molar-refractivity contribution in [1.29, 1.82) is 0 Å². The summed E-state index contributed by atoms with van der Waals surface area (Å²) < 4.78 is 13.7. The van der Waals surface area contributed by atoms with Crippen LogP contribution in [0.15, 0.2) is 29.6 Å². The number of para-hydroxylation sites is 1. The molecule has 2 rings (SSSR count). The molecule has 102 valence electrons. The van der Waals surface area contributed by atoms with Crippen molar-refractivity contribution in [2.75, 3.05) is 11.9 Å². The van der Waals surface area contributed by atoms with Crippen LogP contribution in [0, 0.1) is 24.6 Å². The third-order valence-corrected chi connectivity index (χ3v) is 3.57. The van der Waals surface area contributed by atoms with Gasteiger partial charge in [0.25, 0.3) is 5.91 Å². The zero-order valence-electron chi connectivity index (χ0n) is 10.9. The maximum atomic E-state index is 13.7. The third kappa shape index (κ3) is 3.05. The number of hydrogen-bond acceptors (Lipinski definition) is 3. The van der Waals surface area contributed by atoms with Crippen LogP contribution in [-0.2, 0) is 0 Å². The molecule has 1 heterocycles. The summed E-state index contributed by atoms with van der Waals surface area (Å²) in [7, 11) is 0. The van der Waals surface area contributed by atoms with E-state index in [2.05, 4.69) is 17.2 Å². The maximum absolute atomic E-state index is 13.7. The first kappa shape index (κ1) is 14.3. The number of anilines is 1. The standard InChI is InChI=1S/C15H13FN2OS/c1-10-4-2-6-12(16)13(10)18-15(19)14-11(5-3-8-17)7-9-20-14/h2,4,6-7,9H,8,17H2,1H3,(H,18,19). The minimum atomic E-state index is -0.454. The molecule has 5 heteroatoms. The molecule has 20 heavy (non-hydrogen) atoms. The van der Waals surface area contributed by atoms with Crippen molar-refractivity contribution in [1.82, 2.24) is 0 Å². The number of thiophene rings is 1. The number of aryl methyl sites for hydroxylation is 1. The molecule has 0 bridgehead atoms. The molecule has 1 aromatic heterocycles. The molecular formula is C15H13FN2OS. The molecule has 0 radical (unpaired) electrons. The van der Waals surface area contributed by atoms with Gasteiger partial charge in [-0.2, -0.15) is 0 Å². The van der Waals surface area contributed by atoms with E-state index >= 15 is 0 Å². The van der Waals surface area contributed by atoms with E-state index in [1.54, 1.807) is 30.5 Å². The summed E-state index contributed by atoms with van der Waals surface area (Å²) >= 11 is 1.26. The maximum Gasteiger partial charge on any atom is 0.267 e. The van der Waals surface area contributed by atoms with Crippen molar-refractivity contribution in [2.45, 2.75) is 6.92 Å². The number of hydrogen-bond donors (Lipinski definition) is 2. The molecular weight excluding hydrogens is 275 g/mol. The fraction of sp³-hybridized carbons (Fsp3) is 0.133. The quantitative estimate of drug-likeness (QED) is 0.835. The van der Waals surface area contributed by atoms with Crippen molar-refractivity contribution >= 4 is 22.9 Å².